The van der Waals surface area contributed by atoms with Crippen LogP contribution < -0.4 is 16.6 Å². The van der Waals surface area contributed by atoms with Crippen molar-refractivity contribution >= 4 is 17.2 Å². The summed E-state index contributed by atoms with van der Waals surface area (Å²) in [6.07, 6.45) is 3.05. The number of hydrogen-bond donors (Lipinski definition) is 2. The fourth-order valence-electron chi connectivity index (χ4n) is 3.61. The zero-order valence-electron chi connectivity index (χ0n) is 16.7. The quantitative estimate of drug-likeness (QED) is 0.512. The van der Waals surface area contributed by atoms with Crippen LogP contribution in [0, 0.1) is 17.1 Å². The third-order valence-electron chi connectivity index (χ3n) is 5.11. The zero-order valence-corrected chi connectivity index (χ0v) is 16.7. The molecule has 0 amide bonds. The minimum atomic E-state index is -0.498. The molecule has 0 radical (unpaired) electrons. The molecule has 4 aromatic rings. The van der Waals surface area contributed by atoms with E-state index in [9.17, 15) is 14.4 Å². The highest BCUT2D eigenvalue weighted by Crippen LogP contribution is 2.31. The second-order valence-electron chi connectivity index (χ2n) is 6.99. The van der Waals surface area contributed by atoms with Gasteiger partial charge in [0.2, 0.25) is 0 Å². The molecule has 0 fully saturated rings. The van der Waals surface area contributed by atoms with Crippen LogP contribution in [0.5, 0.6) is 0 Å². The molecule has 154 valence electrons. The second-order valence-corrected chi connectivity index (χ2v) is 6.99. The van der Waals surface area contributed by atoms with E-state index in [1.165, 1.54) is 23.0 Å². The Labute approximate surface area is 177 Å². The number of rotatable bonds is 5. The van der Waals surface area contributed by atoms with Gasteiger partial charge in [0.05, 0.1) is 11.6 Å². The largest absolute Gasteiger partial charge is 0.382 e. The fraction of sp³-hybridized carbons (Fsp3) is 0.130. The average molecular weight is 414 g/mol. The number of hydrogen-bond acceptors (Lipinski definition) is 6. The van der Waals surface area contributed by atoms with Gasteiger partial charge in [0.25, 0.3) is 5.56 Å². The summed E-state index contributed by atoms with van der Waals surface area (Å²) in [4.78, 5) is 21.4. The highest BCUT2D eigenvalue weighted by atomic mass is 19.1. The predicted molar refractivity (Wildman–Crippen MR) is 117 cm³/mol. The first kappa shape index (κ1) is 20.0. The molecule has 0 aliphatic carbocycles. The van der Waals surface area contributed by atoms with Crippen LogP contribution in [0.25, 0.3) is 16.6 Å². The molecule has 1 aromatic carbocycles. The average Bonchev–Trinajstić information content (AvgIpc) is 2.78. The third kappa shape index (κ3) is 3.69. The van der Waals surface area contributed by atoms with Crippen molar-refractivity contribution in [3.8, 4) is 17.2 Å². The lowest BCUT2D eigenvalue weighted by atomic mass is 9.94. The van der Waals surface area contributed by atoms with E-state index in [4.69, 9.17) is 5.73 Å². The Morgan fingerprint density at radius 2 is 2.00 bits per heavy atom. The standard InChI is InChI=1S/C23H19FN6O/c1-2-19(29-22-18(11-25)21(26)27-13-28-22)17-10-16-9-8-15(24)12-30(16)23(31)20(17)14-6-4-3-5-7-14/h3-10,12-13,19H,2H2,1H3,(H3,26,27,28,29)/t19-/m1/s1. The monoisotopic (exact) mass is 414 g/mol. The number of anilines is 2. The molecule has 8 heteroatoms. The molecule has 0 saturated heterocycles. The first-order valence-corrected chi connectivity index (χ1v) is 9.70. The molecule has 0 saturated carbocycles. The van der Waals surface area contributed by atoms with Gasteiger partial charge in [-0.25, -0.2) is 14.4 Å². The Balaban J connectivity index is 1.95. The summed E-state index contributed by atoms with van der Waals surface area (Å²) in [6.45, 7) is 1.95. The van der Waals surface area contributed by atoms with E-state index in [1.807, 2.05) is 49.4 Å². The number of aromatic nitrogens is 3. The van der Waals surface area contributed by atoms with Crippen molar-refractivity contribution in [2.24, 2.45) is 0 Å². The molecule has 0 spiro atoms. The Hall–Kier alpha value is -4.25. The van der Waals surface area contributed by atoms with Gasteiger partial charge in [-0.15, -0.1) is 0 Å². The molecule has 0 unspecified atom stereocenters. The Morgan fingerprint density at radius 3 is 2.71 bits per heavy atom. The van der Waals surface area contributed by atoms with E-state index < -0.39 is 5.82 Å². The number of benzene rings is 1. The van der Waals surface area contributed by atoms with Gasteiger partial charge in [0, 0.05) is 11.7 Å². The Kier molecular flexibility index (Phi) is 5.33. The molecule has 0 aliphatic rings. The maximum Gasteiger partial charge on any atom is 0.263 e. The molecule has 0 aliphatic heterocycles. The van der Waals surface area contributed by atoms with Crippen LogP contribution in [0.15, 0.2) is 65.8 Å². The summed E-state index contributed by atoms with van der Waals surface area (Å²) in [6, 6.07) is 15.6. The van der Waals surface area contributed by atoms with Gasteiger partial charge in [-0.2, -0.15) is 5.26 Å². The second kappa shape index (κ2) is 8.24. The highest BCUT2D eigenvalue weighted by Gasteiger charge is 2.22. The number of pyridine rings is 2. The molecule has 3 heterocycles. The van der Waals surface area contributed by atoms with E-state index in [-0.39, 0.29) is 23.0 Å². The first-order valence-electron chi connectivity index (χ1n) is 9.70. The van der Waals surface area contributed by atoms with Gasteiger partial charge in [0.1, 0.15) is 35.4 Å². The summed E-state index contributed by atoms with van der Waals surface area (Å²) in [5.41, 5.74) is 8.06. The molecule has 31 heavy (non-hydrogen) atoms. The van der Waals surface area contributed by atoms with Gasteiger partial charge in [-0.05, 0) is 35.7 Å². The van der Waals surface area contributed by atoms with Crippen LogP contribution in [-0.2, 0) is 0 Å². The molecule has 3 aromatic heterocycles. The first-order chi connectivity index (χ1) is 15.0. The predicted octanol–water partition coefficient (Wildman–Crippen LogP) is 3.91. The van der Waals surface area contributed by atoms with Crippen molar-refractivity contribution in [2.75, 3.05) is 11.1 Å². The SMILES string of the molecule is CC[C@@H](Nc1ncnc(N)c1C#N)c1cc2ccc(F)cn2c(=O)c1-c1ccccc1. The molecular weight excluding hydrogens is 395 g/mol. The Morgan fingerprint density at radius 1 is 1.23 bits per heavy atom. The minimum Gasteiger partial charge on any atom is -0.382 e. The zero-order chi connectivity index (χ0) is 22.0. The lowest BCUT2D eigenvalue weighted by Gasteiger charge is -2.22. The van der Waals surface area contributed by atoms with Crippen molar-refractivity contribution in [1.29, 1.82) is 5.26 Å². The van der Waals surface area contributed by atoms with Crippen LogP contribution in [-0.4, -0.2) is 14.4 Å². The fourth-order valence-corrected chi connectivity index (χ4v) is 3.61. The van der Waals surface area contributed by atoms with Crippen LogP contribution in [0.3, 0.4) is 0 Å². The number of nitrogen functional groups attached to an aromatic ring is 1. The number of halogens is 1. The van der Waals surface area contributed by atoms with Crippen molar-refractivity contribution in [3.63, 3.8) is 0 Å². The molecule has 3 N–H and O–H groups in total. The van der Waals surface area contributed by atoms with E-state index in [0.717, 1.165) is 0 Å². The van der Waals surface area contributed by atoms with Crippen molar-refractivity contribution in [2.45, 2.75) is 19.4 Å². The molecule has 4 rings (SSSR count). The lowest BCUT2D eigenvalue weighted by molar-refractivity contribution is 0.618. The minimum absolute atomic E-state index is 0.0761. The number of fused-ring (bicyclic) bond motifs is 1. The van der Waals surface area contributed by atoms with Crippen molar-refractivity contribution < 1.29 is 4.39 Å². The molecule has 1 atom stereocenters. The highest BCUT2D eigenvalue weighted by molar-refractivity contribution is 5.72. The van der Waals surface area contributed by atoms with E-state index in [2.05, 4.69) is 15.3 Å². The van der Waals surface area contributed by atoms with Crippen LogP contribution in [0.2, 0.25) is 0 Å². The van der Waals surface area contributed by atoms with Gasteiger partial charge in [0.15, 0.2) is 0 Å². The van der Waals surface area contributed by atoms with Gasteiger partial charge < -0.3 is 11.1 Å². The van der Waals surface area contributed by atoms with Gasteiger partial charge in [-0.3, -0.25) is 9.20 Å². The van der Waals surface area contributed by atoms with Gasteiger partial charge >= 0.3 is 0 Å². The normalized spacial score (nSPS) is 11.8. The summed E-state index contributed by atoms with van der Waals surface area (Å²) in [7, 11) is 0. The third-order valence-corrected chi connectivity index (χ3v) is 5.11. The van der Waals surface area contributed by atoms with E-state index in [1.54, 1.807) is 6.07 Å². The van der Waals surface area contributed by atoms with E-state index >= 15 is 0 Å². The maximum atomic E-state index is 13.9. The number of nitriles is 1. The lowest BCUT2D eigenvalue weighted by Crippen LogP contribution is -2.22. The number of nitrogens with one attached hydrogen (secondary N) is 1. The van der Waals surface area contributed by atoms with Crippen molar-refractivity contribution in [1.82, 2.24) is 14.4 Å². The van der Waals surface area contributed by atoms with Crippen LogP contribution >= 0.6 is 0 Å². The topological polar surface area (TPSA) is 109 Å². The summed E-state index contributed by atoms with van der Waals surface area (Å²) in [5.74, 6) is -0.131. The summed E-state index contributed by atoms with van der Waals surface area (Å²) < 4.78 is 15.2. The van der Waals surface area contributed by atoms with Crippen LogP contribution in [0.1, 0.15) is 30.5 Å². The number of nitrogens with two attached hydrogens (primary N) is 1. The van der Waals surface area contributed by atoms with Gasteiger partial charge in [-0.1, -0.05) is 37.3 Å². The Bertz CT molecular complexity index is 1360. The maximum absolute atomic E-state index is 13.9. The molecular formula is C23H19FN6O. The number of nitrogens with zero attached hydrogens (tertiary/aromatic N) is 4. The molecule has 0 bridgehead atoms. The van der Waals surface area contributed by atoms with E-state index in [0.29, 0.717) is 34.4 Å². The molecule has 7 nitrogen and oxygen atoms in total. The van der Waals surface area contributed by atoms with Crippen LogP contribution in [0.4, 0.5) is 16.0 Å². The summed E-state index contributed by atoms with van der Waals surface area (Å²) in [5, 5.41) is 12.7. The summed E-state index contributed by atoms with van der Waals surface area (Å²) >= 11 is 0. The van der Waals surface area contributed by atoms with Crippen molar-refractivity contribution in [3.05, 3.63) is 88.4 Å². The smallest absolute Gasteiger partial charge is 0.263 e.